The summed E-state index contributed by atoms with van der Waals surface area (Å²) in [5, 5.41) is 15.4. The van der Waals surface area contributed by atoms with Crippen molar-refractivity contribution in [3.63, 3.8) is 0 Å². The van der Waals surface area contributed by atoms with Crippen molar-refractivity contribution in [2.24, 2.45) is 0 Å². The largest absolute Gasteiger partial charge is 0.481 e. The normalized spacial score (nSPS) is 10.8. The van der Waals surface area contributed by atoms with Gasteiger partial charge < -0.3 is 15.3 Å². The second-order valence-corrected chi connectivity index (χ2v) is 4.42. The van der Waals surface area contributed by atoms with Crippen LogP contribution in [0.15, 0.2) is 12.4 Å². The molecular weight excluding hydrogens is 260 g/mol. The summed E-state index contributed by atoms with van der Waals surface area (Å²) in [6.45, 7) is 7.74. The van der Waals surface area contributed by atoms with E-state index < -0.39 is 5.97 Å². The van der Waals surface area contributed by atoms with E-state index in [2.05, 4.69) is 29.2 Å². The number of hydrogen-bond donors (Lipinski definition) is 2. The van der Waals surface area contributed by atoms with Gasteiger partial charge in [0.05, 0.1) is 24.7 Å². The number of aliphatic carboxylic acids is 1. The lowest BCUT2D eigenvalue weighted by atomic mass is 10.3. The van der Waals surface area contributed by atoms with E-state index in [1.807, 2.05) is 0 Å². The predicted molar refractivity (Wildman–Crippen MR) is 74.6 cm³/mol. The highest BCUT2D eigenvalue weighted by molar-refractivity contribution is 5.93. The standard InChI is InChI=1S/C13H22N4O3/c1-3-16(4-2)8-6-14-13(20)11-9-15-17(10-11)7-5-12(18)19/h9-10H,3-8H2,1-2H3,(H,14,20)(H,18,19). The van der Waals surface area contributed by atoms with Crippen molar-refractivity contribution in [3.05, 3.63) is 18.0 Å². The number of aromatic nitrogens is 2. The molecule has 1 heterocycles. The molecule has 0 aliphatic rings. The van der Waals surface area contributed by atoms with Crippen LogP contribution in [0, 0.1) is 0 Å². The summed E-state index contributed by atoms with van der Waals surface area (Å²) in [7, 11) is 0. The van der Waals surface area contributed by atoms with Crippen LogP contribution in [0.2, 0.25) is 0 Å². The monoisotopic (exact) mass is 282 g/mol. The third kappa shape index (κ3) is 5.40. The number of nitrogens with one attached hydrogen (secondary N) is 1. The second-order valence-electron chi connectivity index (χ2n) is 4.42. The average molecular weight is 282 g/mol. The Balaban J connectivity index is 2.38. The predicted octanol–water partition coefficient (Wildman–Crippen LogP) is 0.429. The summed E-state index contributed by atoms with van der Waals surface area (Å²) in [4.78, 5) is 24.5. The maximum Gasteiger partial charge on any atom is 0.305 e. The molecule has 0 atom stereocenters. The highest BCUT2D eigenvalue weighted by Gasteiger charge is 2.09. The zero-order valence-electron chi connectivity index (χ0n) is 12.0. The number of carbonyl (C=O) groups is 2. The molecule has 0 spiro atoms. The molecule has 0 aliphatic heterocycles. The van der Waals surface area contributed by atoms with Gasteiger partial charge >= 0.3 is 5.97 Å². The first kappa shape index (κ1) is 16.2. The topological polar surface area (TPSA) is 87.5 Å². The lowest BCUT2D eigenvalue weighted by Gasteiger charge is -2.17. The number of amides is 1. The van der Waals surface area contributed by atoms with Crippen LogP contribution in [-0.2, 0) is 11.3 Å². The molecular formula is C13H22N4O3. The smallest absolute Gasteiger partial charge is 0.305 e. The van der Waals surface area contributed by atoms with Gasteiger partial charge in [-0.05, 0) is 13.1 Å². The first-order chi connectivity index (χ1) is 9.56. The van der Waals surface area contributed by atoms with Gasteiger partial charge in [0.1, 0.15) is 0 Å². The van der Waals surface area contributed by atoms with Gasteiger partial charge in [-0.2, -0.15) is 5.10 Å². The van der Waals surface area contributed by atoms with Crippen molar-refractivity contribution >= 4 is 11.9 Å². The molecule has 0 unspecified atom stereocenters. The Morgan fingerprint density at radius 3 is 2.70 bits per heavy atom. The van der Waals surface area contributed by atoms with E-state index in [1.165, 1.54) is 10.9 Å². The number of likely N-dealkylation sites (N-methyl/N-ethyl adjacent to an activating group) is 1. The van der Waals surface area contributed by atoms with Crippen LogP contribution in [0.25, 0.3) is 0 Å². The van der Waals surface area contributed by atoms with Crippen LogP contribution in [-0.4, -0.2) is 57.8 Å². The van der Waals surface area contributed by atoms with Crippen LogP contribution in [0.3, 0.4) is 0 Å². The van der Waals surface area contributed by atoms with Gasteiger partial charge in [-0.1, -0.05) is 13.8 Å². The fourth-order valence-corrected chi connectivity index (χ4v) is 1.78. The van der Waals surface area contributed by atoms with Crippen molar-refractivity contribution in [2.75, 3.05) is 26.2 Å². The van der Waals surface area contributed by atoms with Gasteiger partial charge in [-0.25, -0.2) is 0 Å². The second kappa shape index (κ2) is 8.31. The molecule has 1 rings (SSSR count). The summed E-state index contributed by atoms with van der Waals surface area (Å²) in [5.41, 5.74) is 0.454. The Hall–Kier alpha value is -1.89. The van der Waals surface area contributed by atoms with Crippen molar-refractivity contribution in [3.8, 4) is 0 Å². The van der Waals surface area contributed by atoms with Gasteiger partial charge in [0.2, 0.25) is 0 Å². The summed E-state index contributed by atoms with van der Waals surface area (Å²) < 4.78 is 1.47. The lowest BCUT2D eigenvalue weighted by molar-refractivity contribution is -0.137. The molecule has 0 fully saturated rings. The third-order valence-corrected chi connectivity index (χ3v) is 3.06. The molecule has 0 saturated carbocycles. The Morgan fingerprint density at radius 1 is 1.40 bits per heavy atom. The Bertz CT molecular complexity index is 441. The minimum absolute atomic E-state index is 0.00923. The molecule has 0 aromatic carbocycles. The molecule has 1 amide bonds. The van der Waals surface area contributed by atoms with Crippen LogP contribution >= 0.6 is 0 Å². The molecule has 1 aromatic rings. The minimum atomic E-state index is -0.884. The maximum atomic E-state index is 11.9. The molecule has 0 saturated heterocycles. The number of nitrogens with zero attached hydrogens (tertiary/aromatic N) is 3. The Kier molecular flexibility index (Phi) is 6.72. The van der Waals surface area contributed by atoms with Crippen molar-refractivity contribution < 1.29 is 14.7 Å². The number of aryl methyl sites for hydroxylation is 1. The van der Waals surface area contributed by atoms with E-state index >= 15 is 0 Å². The van der Waals surface area contributed by atoms with Crippen LogP contribution in [0.1, 0.15) is 30.6 Å². The van der Waals surface area contributed by atoms with Crippen molar-refractivity contribution in [2.45, 2.75) is 26.8 Å². The number of carboxylic acid groups (broad SMARTS) is 1. The quantitative estimate of drug-likeness (QED) is 0.686. The molecule has 0 radical (unpaired) electrons. The van der Waals surface area contributed by atoms with E-state index in [1.54, 1.807) is 6.20 Å². The molecule has 7 heteroatoms. The zero-order valence-corrected chi connectivity index (χ0v) is 12.0. The molecule has 1 aromatic heterocycles. The number of rotatable bonds is 9. The minimum Gasteiger partial charge on any atom is -0.481 e. The summed E-state index contributed by atoms with van der Waals surface area (Å²) in [5.74, 6) is -1.07. The fraction of sp³-hybridized carbons (Fsp3) is 0.615. The van der Waals surface area contributed by atoms with Gasteiger partial charge in [0.25, 0.3) is 5.91 Å². The van der Waals surface area contributed by atoms with Gasteiger partial charge in [0.15, 0.2) is 0 Å². The van der Waals surface area contributed by atoms with Crippen molar-refractivity contribution in [1.82, 2.24) is 20.0 Å². The third-order valence-electron chi connectivity index (χ3n) is 3.06. The fourth-order valence-electron chi connectivity index (χ4n) is 1.78. The lowest BCUT2D eigenvalue weighted by Crippen LogP contribution is -2.34. The average Bonchev–Trinajstić information content (AvgIpc) is 2.90. The van der Waals surface area contributed by atoms with Gasteiger partial charge in [-0.15, -0.1) is 0 Å². The molecule has 20 heavy (non-hydrogen) atoms. The van der Waals surface area contributed by atoms with Crippen LogP contribution in [0.4, 0.5) is 0 Å². The molecule has 7 nitrogen and oxygen atoms in total. The summed E-state index contributed by atoms with van der Waals surface area (Å²) >= 11 is 0. The number of carbonyl (C=O) groups excluding carboxylic acids is 1. The van der Waals surface area contributed by atoms with Crippen LogP contribution < -0.4 is 5.32 Å². The summed E-state index contributed by atoms with van der Waals surface area (Å²) in [6, 6.07) is 0. The van der Waals surface area contributed by atoms with E-state index in [9.17, 15) is 9.59 Å². The first-order valence-corrected chi connectivity index (χ1v) is 6.81. The Labute approximate surface area is 118 Å². The van der Waals surface area contributed by atoms with Crippen molar-refractivity contribution in [1.29, 1.82) is 0 Å². The van der Waals surface area contributed by atoms with E-state index in [4.69, 9.17) is 5.11 Å². The maximum absolute atomic E-state index is 11.9. The first-order valence-electron chi connectivity index (χ1n) is 6.81. The highest BCUT2D eigenvalue weighted by atomic mass is 16.4. The van der Waals surface area contributed by atoms with Gasteiger partial charge in [-0.3, -0.25) is 14.3 Å². The molecule has 0 aliphatic carbocycles. The molecule has 0 bridgehead atoms. The number of carboxylic acids is 1. The van der Waals surface area contributed by atoms with E-state index in [0.717, 1.165) is 19.6 Å². The zero-order chi connectivity index (χ0) is 15.0. The summed E-state index contributed by atoms with van der Waals surface area (Å²) in [6.07, 6.45) is 3.01. The van der Waals surface area contributed by atoms with Gasteiger partial charge in [0, 0.05) is 19.3 Å². The van der Waals surface area contributed by atoms with E-state index in [-0.39, 0.29) is 18.9 Å². The molecule has 112 valence electrons. The van der Waals surface area contributed by atoms with E-state index in [0.29, 0.717) is 12.1 Å². The number of hydrogen-bond acceptors (Lipinski definition) is 4. The molecule has 2 N–H and O–H groups in total. The van der Waals surface area contributed by atoms with Crippen LogP contribution in [0.5, 0.6) is 0 Å². The highest BCUT2D eigenvalue weighted by Crippen LogP contribution is 1.99. The SMILES string of the molecule is CCN(CC)CCNC(=O)c1cnn(CCC(=O)O)c1. The Morgan fingerprint density at radius 2 is 2.10 bits per heavy atom.